The molecule has 33 heavy (non-hydrogen) atoms. The Morgan fingerprint density at radius 3 is 2.64 bits per heavy atom. The number of likely N-dealkylation sites (tertiary alicyclic amines) is 1. The monoisotopic (exact) mass is 444 g/mol. The second-order valence-electron chi connectivity index (χ2n) is 9.23. The van der Waals surface area contributed by atoms with Gasteiger partial charge in [-0.15, -0.1) is 0 Å². The number of hydrogen-bond acceptors (Lipinski definition) is 3. The molecule has 2 aromatic carbocycles. The van der Waals surface area contributed by atoms with E-state index in [9.17, 15) is 4.79 Å². The van der Waals surface area contributed by atoms with Gasteiger partial charge in [-0.2, -0.15) is 5.10 Å². The lowest BCUT2D eigenvalue weighted by molar-refractivity contribution is -0.121. The van der Waals surface area contributed by atoms with E-state index in [2.05, 4.69) is 54.5 Å². The highest BCUT2D eigenvalue weighted by molar-refractivity contribution is 5.76. The Balaban J connectivity index is 1.35. The zero-order chi connectivity index (χ0) is 23.0. The zero-order valence-corrected chi connectivity index (χ0v) is 20.0. The van der Waals surface area contributed by atoms with Crippen LogP contribution >= 0.6 is 0 Å². The molecule has 4 rings (SSSR count). The van der Waals surface area contributed by atoms with Gasteiger partial charge in [0.1, 0.15) is 0 Å². The van der Waals surface area contributed by atoms with Crippen LogP contribution in [0.2, 0.25) is 0 Å². The fourth-order valence-corrected chi connectivity index (χ4v) is 4.60. The van der Waals surface area contributed by atoms with Gasteiger partial charge in [0.25, 0.3) is 0 Å². The molecule has 1 saturated heterocycles. The molecule has 5 heteroatoms. The van der Waals surface area contributed by atoms with Crippen molar-refractivity contribution in [2.75, 3.05) is 19.6 Å². The Kier molecular flexibility index (Phi) is 7.95. The first-order valence-electron chi connectivity index (χ1n) is 12.3. The molecule has 1 aromatic heterocycles. The van der Waals surface area contributed by atoms with Gasteiger partial charge in [-0.1, -0.05) is 54.4 Å². The summed E-state index contributed by atoms with van der Waals surface area (Å²) in [6.07, 6.45) is 8.17. The molecule has 1 aliphatic rings. The summed E-state index contributed by atoms with van der Waals surface area (Å²) in [5.74, 6) is 0.115. The van der Waals surface area contributed by atoms with Crippen LogP contribution in [0.1, 0.15) is 50.2 Å². The average Bonchev–Trinajstić information content (AvgIpc) is 3.27. The highest BCUT2D eigenvalue weighted by atomic mass is 16.1. The number of rotatable bonds is 9. The van der Waals surface area contributed by atoms with Crippen molar-refractivity contribution in [1.82, 2.24) is 20.0 Å². The molecule has 1 aliphatic heterocycles. The van der Waals surface area contributed by atoms with Crippen molar-refractivity contribution < 1.29 is 4.79 Å². The van der Waals surface area contributed by atoms with Crippen LogP contribution in [0.4, 0.5) is 0 Å². The summed E-state index contributed by atoms with van der Waals surface area (Å²) < 4.78 is 1.92. The van der Waals surface area contributed by atoms with Crippen molar-refractivity contribution in [3.8, 4) is 16.9 Å². The number of nitrogens with one attached hydrogen (secondary N) is 1. The van der Waals surface area contributed by atoms with E-state index in [0.717, 1.165) is 42.0 Å². The Labute approximate surface area is 197 Å². The molecule has 174 valence electrons. The minimum atomic E-state index is 0.115. The number of carbonyl (C=O) groups is 1. The lowest BCUT2D eigenvalue weighted by Gasteiger charge is -2.33. The number of aryl methyl sites for hydroxylation is 2. The van der Waals surface area contributed by atoms with Gasteiger partial charge >= 0.3 is 0 Å². The van der Waals surface area contributed by atoms with Crippen LogP contribution in [0.15, 0.2) is 60.8 Å². The first-order chi connectivity index (χ1) is 16.1. The van der Waals surface area contributed by atoms with E-state index < -0.39 is 0 Å². The van der Waals surface area contributed by atoms with E-state index in [0.29, 0.717) is 18.9 Å². The maximum atomic E-state index is 12.5. The number of benzene rings is 2. The third-order valence-electron chi connectivity index (χ3n) is 6.64. The lowest BCUT2D eigenvalue weighted by Crippen LogP contribution is -2.39. The molecule has 1 N–H and O–H groups in total. The van der Waals surface area contributed by atoms with Crippen LogP contribution in [0.3, 0.4) is 0 Å². The average molecular weight is 445 g/mol. The van der Waals surface area contributed by atoms with E-state index in [1.54, 1.807) is 0 Å². The molecule has 1 amide bonds. The quantitative estimate of drug-likeness (QED) is 0.464. The van der Waals surface area contributed by atoms with E-state index >= 15 is 0 Å². The summed E-state index contributed by atoms with van der Waals surface area (Å²) in [5.41, 5.74) is 5.38. The van der Waals surface area contributed by atoms with Crippen molar-refractivity contribution >= 4 is 5.91 Å². The molecular weight excluding hydrogens is 408 g/mol. The molecular formula is C28H36N4O. The van der Waals surface area contributed by atoms with Gasteiger partial charge in [0.15, 0.2) is 0 Å². The lowest BCUT2D eigenvalue weighted by atomic mass is 10.0. The topological polar surface area (TPSA) is 50.2 Å². The molecule has 0 saturated carbocycles. The molecule has 1 fully saturated rings. The van der Waals surface area contributed by atoms with Crippen LogP contribution in [-0.2, 0) is 11.2 Å². The summed E-state index contributed by atoms with van der Waals surface area (Å²) in [7, 11) is 0. The number of aromatic nitrogens is 2. The van der Waals surface area contributed by atoms with Gasteiger partial charge in [-0.05, 0) is 63.8 Å². The highest BCUT2D eigenvalue weighted by Crippen LogP contribution is 2.25. The SMILES string of the molecule is Cc1ccc(-c2nn(-c3ccccc3)cc2CCC(=O)NCCCN2CCCCC2C)cc1. The maximum Gasteiger partial charge on any atom is 0.220 e. The Morgan fingerprint density at radius 1 is 1.09 bits per heavy atom. The Hall–Kier alpha value is -2.92. The third-order valence-corrected chi connectivity index (χ3v) is 6.64. The van der Waals surface area contributed by atoms with Crippen LogP contribution in [0, 0.1) is 6.92 Å². The van der Waals surface area contributed by atoms with Gasteiger partial charge in [0.05, 0.1) is 11.4 Å². The van der Waals surface area contributed by atoms with E-state index in [1.165, 1.54) is 31.4 Å². The summed E-state index contributed by atoms with van der Waals surface area (Å²) in [4.78, 5) is 15.1. The van der Waals surface area contributed by atoms with Crippen molar-refractivity contribution in [2.45, 2.75) is 58.4 Å². The van der Waals surface area contributed by atoms with Gasteiger partial charge < -0.3 is 10.2 Å². The fourth-order valence-electron chi connectivity index (χ4n) is 4.60. The number of piperidine rings is 1. The predicted molar refractivity (Wildman–Crippen MR) is 135 cm³/mol. The minimum absolute atomic E-state index is 0.115. The van der Waals surface area contributed by atoms with E-state index in [4.69, 9.17) is 5.10 Å². The summed E-state index contributed by atoms with van der Waals surface area (Å²) >= 11 is 0. The summed E-state index contributed by atoms with van der Waals surface area (Å²) in [5, 5.41) is 7.99. The highest BCUT2D eigenvalue weighted by Gasteiger charge is 2.17. The maximum absolute atomic E-state index is 12.5. The Bertz CT molecular complexity index is 1030. The molecule has 1 atom stereocenters. The zero-order valence-electron chi connectivity index (χ0n) is 20.0. The first kappa shape index (κ1) is 23.2. The van der Waals surface area contributed by atoms with Crippen molar-refractivity contribution in [3.63, 3.8) is 0 Å². The van der Waals surface area contributed by atoms with Gasteiger partial charge in [0.2, 0.25) is 5.91 Å². The second kappa shape index (κ2) is 11.3. The van der Waals surface area contributed by atoms with E-state index in [1.807, 2.05) is 35.0 Å². The van der Waals surface area contributed by atoms with Crippen molar-refractivity contribution in [1.29, 1.82) is 0 Å². The molecule has 0 radical (unpaired) electrons. The molecule has 0 spiro atoms. The molecule has 0 bridgehead atoms. The summed E-state index contributed by atoms with van der Waals surface area (Å²) in [6, 6.07) is 19.2. The van der Waals surface area contributed by atoms with E-state index in [-0.39, 0.29) is 5.91 Å². The number of hydrogen-bond donors (Lipinski definition) is 1. The van der Waals surface area contributed by atoms with Crippen LogP contribution in [0.5, 0.6) is 0 Å². The largest absolute Gasteiger partial charge is 0.356 e. The fraction of sp³-hybridized carbons (Fsp3) is 0.429. The number of amides is 1. The van der Waals surface area contributed by atoms with Gasteiger partial charge in [0, 0.05) is 37.3 Å². The third kappa shape index (κ3) is 6.32. The minimum Gasteiger partial charge on any atom is -0.356 e. The van der Waals surface area contributed by atoms with Crippen LogP contribution < -0.4 is 5.32 Å². The second-order valence-corrected chi connectivity index (χ2v) is 9.23. The van der Waals surface area contributed by atoms with Crippen molar-refractivity contribution in [3.05, 3.63) is 71.9 Å². The van der Waals surface area contributed by atoms with Gasteiger partial charge in [-0.25, -0.2) is 4.68 Å². The number of para-hydroxylation sites is 1. The molecule has 2 heterocycles. The Morgan fingerprint density at radius 2 is 1.88 bits per heavy atom. The first-order valence-corrected chi connectivity index (χ1v) is 12.3. The van der Waals surface area contributed by atoms with Crippen LogP contribution in [0.25, 0.3) is 16.9 Å². The van der Waals surface area contributed by atoms with Crippen molar-refractivity contribution in [2.24, 2.45) is 0 Å². The summed E-state index contributed by atoms with van der Waals surface area (Å²) in [6.45, 7) is 7.42. The smallest absolute Gasteiger partial charge is 0.220 e. The number of carbonyl (C=O) groups excluding carboxylic acids is 1. The predicted octanol–water partition coefficient (Wildman–Crippen LogP) is 5.16. The normalized spacial score (nSPS) is 16.6. The molecule has 1 unspecified atom stereocenters. The molecule has 5 nitrogen and oxygen atoms in total. The number of nitrogens with zero attached hydrogens (tertiary/aromatic N) is 3. The standard InChI is InChI=1S/C28H36N4O/c1-22-12-14-24(15-13-22)28-25(21-32(30-28)26-10-4-3-5-11-26)16-17-27(33)29-18-8-20-31-19-7-6-9-23(31)2/h3-5,10-15,21,23H,6-9,16-20H2,1-2H3,(H,29,33). The van der Waals surface area contributed by atoms with Crippen LogP contribution in [-0.4, -0.2) is 46.3 Å². The van der Waals surface area contributed by atoms with Gasteiger partial charge in [-0.3, -0.25) is 4.79 Å². The molecule has 3 aromatic rings. The molecule has 0 aliphatic carbocycles.